The normalized spacial score (nSPS) is 12.4. The fourth-order valence-corrected chi connectivity index (χ4v) is 1.45. The van der Waals surface area contributed by atoms with Gasteiger partial charge in [-0.25, -0.2) is 0 Å². The van der Waals surface area contributed by atoms with Crippen molar-refractivity contribution in [2.45, 2.75) is 27.7 Å². The molecule has 0 aromatic heterocycles. The average Bonchev–Trinajstić information content (AvgIpc) is 2.30. The topological polar surface area (TPSA) is 26.3 Å². The average molecular weight is 232 g/mol. The van der Waals surface area contributed by atoms with E-state index in [4.69, 9.17) is 4.74 Å². The van der Waals surface area contributed by atoms with E-state index in [-0.39, 0.29) is 5.97 Å². The van der Waals surface area contributed by atoms with Crippen molar-refractivity contribution in [3.63, 3.8) is 0 Å². The summed E-state index contributed by atoms with van der Waals surface area (Å²) in [5, 5.41) is 0. The Balaban J connectivity index is 2.92. The van der Waals surface area contributed by atoms with E-state index in [1.54, 1.807) is 0 Å². The summed E-state index contributed by atoms with van der Waals surface area (Å²) >= 11 is 0. The van der Waals surface area contributed by atoms with E-state index in [1.165, 1.54) is 0 Å². The Labute approximate surface area is 103 Å². The Morgan fingerprint density at radius 2 is 1.88 bits per heavy atom. The van der Waals surface area contributed by atoms with Crippen LogP contribution in [0, 0.1) is 5.41 Å². The maximum Gasteiger partial charge on any atom is 0.315 e. The summed E-state index contributed by atoms with van der Waals surface area (Å²) in [5.74, 6) is -0.176. The van der Waals surface area contributed by atoms with E-state index in [0.717, 1.165) is 11.1 Å². The molecule has 1 rings (SSSR count). The molecule has 0 aliphatic carbocycles. The maximum atomic E-state index is 11.8. The lowest BCUT2D eigenvalue weighted by molar-refractivity contribution is -0.151. The van der Waals surface area contributed by atoms with Crippen molar-refractivity contribution in [3.05, 3.63) is 41.5 Å². The van der Waals surface area contributed by atoms with Crippen LogP contribution >= 0.6 is 0 Å². The molecule has 0 aliphatic rings. The van der Waals surface area contributed by atoms with Crippen LogP contribution in [-0.4, -0.2) is 12.6 Å². The van der Waals surface area contributed by atoms with Crippen molar-refractivity contribution in [2.24, 2.45) is 5.41 Å². The zero-order chi connectivity index (χ0) is 12.9. The van der Waals surface area contributed by atoms with Gasteiger partial charge in [-0.1, -0.05) is 42.0 Å². The molecule has 2 heteroatoms. The summed E-state index contributed by atoms with van der Waals surface area (Å²) in [4.78, 5) is 11.8. The van der Waals surface area contributed by atoms with Gasteiger partial charge in [0, 0.05) is 0 Å². The summed E-state index contributed by atoms with van der Waals surface area (Å²) in [6, 6.07) is 9.98. The summed E-state index contributed by atoms with van der Waals surface area (Å²) in [6.07, 6.45) is 2.02. The molecule has 92 valence electrons. The van der Waals surface area contributed by atoms with Gasteiger partial charge in [-0.15, -0.1) is 0 Å². The van der Waals surface area contributed by atoms with Crippen LogP contribution in [0.25, 0.3) is 6.08 Å². The van der Waals surface area contributed by atoms with Gasteiger partial charge in [0.15, 0.2) is 0 Å². The predicted molar refractivity (Wildman–Crippen MR) is 70.5 cm³/mol. The fourth-order valence-electron chi connectivity index (χ4n) is 1.45. The third-order valence-corrected chi connectivity index (χ3v) is 2.95. The lowest BCUT2D eigenvalue weighted by Gasteiger charge is -2.23. The molecule has 0 fully saturated rings. The van der Waals surface area contributed by atoms with Gasteiger partial charge < -0.3 is 4.74 Å². The first-order chi connectivity index (χ1) is 7.98. The number of carbonyl (C=O) groups excluding carboxylic acids is 1. The summed E-state index contributed by atoms with van der Waals surface area (Å²) in [6.45, 7) is 7.98. The van der Waals surface area contributed by atoms with Gasteiger partial charge in [-0.05, 0) is 33.3 Å². The van der Waals surface area contributed by atoms with Gasteiger partial charge in [-0.3, -0.25) is 4.79 Å². The number of hydrogen-bond acceptors (Lipinski definition) is 2. The molecule has 0 heterocycles. The van der Waals surface area contributed by atoms with E-state index in [0.29, 0.717) is 6.61 Å². The van der Waals surface area contributed by atoms with E-state index in [9.17, 15) is 4.79 Å². The number of esters is 1. The van der Waals surface area contributed by atoms with Crippen molar-refractivity contribution in [3.8, 4) is 0 Å². The molecule has 1 aromatic rings. The highest BCUT2D eigenvalue weighted by atomic mass is 16.5. The molecular formula is C15H20O2. The van der Waals surface area contributed by atoms with Crippen molar-refractivity contribution >= 4 is 12.0 Å². The highest BCUT2D eigenvalue weighted by molar-refractivity contribution is 5.81. The molecule has 0 radical (unpaired) electrons. The van der Waals surface area contributed by atoms with Crippen LogP contribution < -0.4 is 0 Å². The largest absolute Gasteiger partial charge is 0.465 e. The molecule has 0 N–H and O–H groups in total. The first-order valence-corrected chi connectivity index (χ1v) is 5.89. The fraction of sp³-hybridized carbons (Fsp3) is 0.400. The second-order valence-electron chi connectivity index (χ2n) is 4.58. The SMILES string of the molecule is CCOC(=O)C(C)(C)/C(C)=C/c1ccccc1. The molecule has 0 unspecified atom stereocenters. The highest BCUT2D eigenvalue weighted by Crippen LogP contribution is 2.29. The van der Waals surface area contributed by atoms with Crippen molar-refractivity contribution in [1.29, 1.82) is 0 Å². The minimum atomic E-state index is -0.578. The van der Waals surface area contributed by atoms with Crippen LogP contribution in [0.5, 0.6) is 0 Å². The minimum absolute atomic E-state index is 0.176. The van der Waals surface area contributed by atoms with Gasteiger partial charge in [0.2, 0.25) is 0 Å². The molecule has 17 heavy (non-hydrogen) atoms. The van der Waals surface area contributed by atoms with Crippen LogP contribution in [0.3, 0.4) is 0 Å². The molecule has 0 aliphatic heterocycles. The maximum absolute atomic E-state index is 11.8. The third-order valence-electron chi connectivity index (χ3n) is 2.95. The van der Waals surface area contributed by atoms with E-state index >= 15 is 0 Å². The second kappa shape index (κ2) is 5.67. The zero-order valence-electron chi connectivity index (χ0n) is 11.0. The lowest BCUT2D eigenvalue weighted by atomic mass is 9.84. The molecule has 1 aromatic carbocycles. The van der Waals surface area contributed by atoms with Gasteiger partial charge in [0.05, 0.1) is 12.0 Å². The smallest absolute Gasteiger partial charge is 0.315 e. The summed E-state index contributed by atoms with van der Waals surface area (Å²) in [5.41, 5.74) is 1.52. The Hall–Kier alpha value is -1.57. The van der Waals surface area contributed by atoms with E-state index in [1.807, 2.05) is 64.1 Å². The zero-order valence-corrected chi connectivity index (χ0v) is 11.0. The summed E-state index contributed by atoms with van der Waals surface area (Å²) in [7, 11) is 0. The van der Waals surface area contributed by atoms with Gasteiger partial charge in [0.25, 0.3) is 0 Å². The highest BCUT2D eigenvalue weighted by Gasteiger charge is 2.30. The van der Waals surface area contributed by atoms with Gasteiger partial charge in [0.1, 0.15) is 0 Å². The lowest BCUT2D eigenvalue weighted by Crippen LogP contribution is -2.27. The Bertz CT molecular complexity index is 402. The van der Waals surface area contributed by atoms with Gasteiger partial charge in [-0.2, -0.15) is 0 Å². The number of carbonyl (C=O) groups is 1. The van der Waals surface area contributed by atoms with Crippen molar-refractivity contribution < 1.29 is 9.53 Å². The Morgan fingerprint density at radius 3 is 2.41 bits per heavy atom. The predicted octanol–water partition coefficient (Wildman–Crippen LogP) is 3.68. The van der Waals surface area contributed by atoms with E-state index < -0.39 is 5.41 Å². The number of hydrogen-bond donors (Lipinski definition) is 0. The molecule has 0 spiro atoms. The minimum Gasteiger partial charge on any atom is -0.465 e. The number of benzene rings is 1. The molecule has 0 saturated carbocycles. The Morgan fingerprint density at radius 1 is 1.29 bits per heavy atom. The molecule has 0 saturated heterocycles. The van der Waals surface area contributed by atoms with E-state index in [2.05, 4.69) is 0 Å². The standard InChI is InChI=1S/C15H20O2/c1-5-17-14(16)15(3,4)12(2)11-13-9-7-6-8-10-13/h6-11H,5H2,1-4H3/b12-11+. The first-order valence-electron chi connectivity index (χ1n) is 5.89. The second-order valence-corrected chi connectivity index (χ2v) is 4.58. The van der Waals surface area contributed by atoms with Crippen LogP contribution in [0.15, 0.2) is 35.9 Å². The van der Waals surface area contributed by atoms with Crippen molar-refractivity contribution in [1.82, 2.24) is 0 Å². The first kappa shape index (κ1) is 13.5. The number of rotatable bonds is 4. The quantitative estimate of drug-likeness (QED) is 0.740. The molecular weight excluding hydrogens is 212 g/mol. The third kappa shape index (κ3) is 3.45. The molecule has 0 atom stereocenters. The van der Waals surface area contributed by atoms with Crippen molar-refractivity contribution in [2.75, 3.05) is 6.61 Å². The van der Waals surface area contributed by atoms with Crippen LogP contribution in [0.1, 0.15) is 33.3 Å². The van der Waals surface area contributed by atoms with Gasteiger partial charge >= 0.3 is 5.97 Å². The summed E-state index contributed by atoms with van der Waals surface area (Å²) < 4.78 is 5.09. The monoisotopic (exact) mass is 232 g/mol. The van der Waals surface area contributed by atoms with Crippen LogP contribution in [0.2, 0.25) is 0 Å². The number of ether oxygens (including phenoxy) is 1. The Kier molecular flexibility index (Phi) is 4.50. The molecule has 2 nitrogen and oxygen atoms in total. The van der Waals surface area contributed by atoms with Crippen LogP contribution in [0.4, 0.5) is 0 Å². The molecule has 0 bridgehead atoms. The van der Waals surface area contributed by atoms with Crippen LogP contribution in [-0.2, 0) is 9.53 Å². The molecule has 0 amide bonds.